The van der Waals surface area contributed by atoms with E-state index in [1.807, 2.05) is 30.3 Å². The monoisotopic (exact) mass is 185 g/mol. The number of halogens is 1. The Morgan fingerprint density at radius 3 is 2.57 bits per heavy atom. The highest BCUT2D eigenvalue weighted by Gasteiger charge is 2.03. The molecule has 1 heterocycles. The van der Waals surface area contributed by atoms with E-state index in [4.69, 9.17) is 0 Å². The van der Waals surface area contributed by atoms with E-state index >= 15 is 0 Å². The molecular weight excluding hydrogens is 177 g/mol. The first-order valence-electron chi connectivity index (χ1n) is 4.50. The third-order valence-corrected chi connectivity index (χ3v) is 2.47. The number of nitrogens with one attached hydrogen (secondary N) is 1. The van der Waals surface area contributed by atoms with E-state index in [1.54, 1.807) is 0 Å². The van der Waals surface area contributed by atoms with Crippen LogP contribution in [0.3, 0.4) is 0 Å². The van der Waals surface area contributed by atoms with Gasteiger partial charge >= 0.3 is 0 Å². The quantitative estimate of drug-likeness (QED) is 0.552. The molecule has 68 valence electrons. The SMILES string of the molecule is Fc1ccc2c(c1)[nH]c1ccccc12. The van der Waals surface area contributed by atoms with Crippen molar-refractivity contribution in [3.05, 3.63) is 48.3 Å². The van der Waals surface area contributed by atoms with Gasteiger partial charge < -0.3 is 4.98 Å². The molecule has 0 radical (unpaired) electrons. The molecule has 3 aromatic rings. The standard InChI is InChI=1S/C12H8FN/c13-8-5-6-10-9-3-1-2-4-11(9)14-12(10)7-8/h1-7,14H. The van der Waals surface area contributed by atoms with Gasteiger partial charge in [-0.2, -0.15) is 0 Å². The molecule has 1 N–H and O–H groups in total. The van der Waals surface area contributed by atoms with Crippen LogP contribution in [0.2, 0.25) is 0 Å². The van der Waals surface area contributed by atoms with Crippen molar-refractivity contribution < 1.29 is 4.39 Å². The number of fused-ring (bicyclic) bond motifs is 3. The Morgan fingerprint density at radius 2 is 1.64 bits per heavy atom. The van der Waals surface area contributed by atoms with Crippen molar-refractivity contribution in [2.24, 2.45) is 0 Å². The second kappa shape index (κ2) is 2.58. The largest absolute Gasteiger partial charge is 0.354 e. The lowest BCUT2D eigenvalue weighted by atomic mass is 10.1. The fourth-order valence-corrected chi connectivity index (χ4v) is 1.83. The van der Waals surface area contributed by atoms with Crippen LogP contribution in [0, 0.1) is 5.82 Å². The highest BCUT2D eigenvalue weighted by Crippen LogP contribution is 2.25. The summed E-state index contributed by atoms with van der Waals surface area (Å²) in [5, 5.41) is 2.21. The highest BCUT2D eigenvalue weighted by atomic mass is 19.1. The van der Waals surface area contributed by atoms with Crippen molar-refractivity contribution in [1.82, 2.24) is 4.98 Å². The fourth-order valence-electron chi connectivity index (χ4n) is 1.83. The predicted molar refractivity (Wildman–Crippen MR) is 55.8 cm³/mol. The van der Waals surface area contributed by atoms with E-state index in [0.29, 0.717) is 0 Å². The molecule has 0 fully saturated rings. The molecule has 0 spiro atoms. The van der Waals surface area contributed by atoms with Gasteiger partial charge in [0.25, 0.3) is 0 Å². The molecule has 0 saturated carbocycles. The van der Waals surface area contributed by atoms with Gasteiger partial charge in [-0.25, -0.2) is 4.39 Å². The summed E-state index contributed by atoms with van der Waals surface area (Å²) < 4.78 is 12.9. The van der Waals surface area contributed by atoms with Crippen LogP contribution in [0.25, 0.3) is 21.8 Å². The maximum atomic E-state index is 12.9. The Morgan fingerprint density at radius 1 is 0.857 bits per heavy atom. The van der Waals surface area contributed by atoms with Gasteiger partial charge in [0.05, 0.1) is 0 Å². The van der Waals surface area contributed by atoms with Gasteiger partial charge in [-0.05, 0) is 24.3 Å². The van der Waals surface area contributed by atoms with E-state index < -0.39 is 0 Å². The van der Waals surface area contributed by atoms with Crippen LogP contribution in [0.4, 0.5) is 4.39 Å². The van der Waals surface area contributed by atoms with Gasteiger partial charge in [-0.1, -0.05) is 18.2 Å². The van der Waals surface area contributed by atoms with Crippen molar-refractivity contribution in [3.63, 3.8) is 0 Å². The Labute approximate surface area is 80.2 Å². The predicted octanol–water partition coefficient (Wildman–Crippen LogP) is 3.46. The summed E-state index contributed by atoms with van der Waals surface area (Å²) in [5.41, 5.74) is 1.90. The highest BCUT2D eigenvalue weighted by molar-refractivity contribution is 6.06. The zero-order chi connectivity index (χ0) is 9.54. The van der Waals surface area contributed by atoms with Crippen molar-refractivity contribution >= 4 is 21.8 Å². The lowest BCUT2D eigenvalue weighted by Crippen LogP contribution is -1.71. The first-order valence-corrected chi connectivity index (χ1v) is 4.50. The van der Waals surface area contributed by atoms with Crippen LogP contribution in [-0.4, -0.2) is 4.98 Å². The van der Waals surface area contributed by atoms with Gasteiger partial charge in [0.2, 0.25) is 0 Å². The van der Waals surface area contributed by atoms with Crippen molar-refractivity contribution in [3.8, 4) is 0 Å². The molecule has 2 heteroatoms. The van der Waals surface area contributed by atoms with Crippen molar-refractivity contribution in [2.75, 3.05) is 0 Å². The van der Waals surface area contributed by atoms with Gasteiger partial charge in [-0.3, -0.25) is 0 Å². The van der Waals surface area contributed by atoms with Crippen LogP contribution >= 0.6 is 0 Å². The zero-order valence-corrected chi connectivity index (χ0v) is 7.42. The normalized spacial score (nSPS) is 11.2. The van der Waals surface area contributed by atoms with Crippen LogP contribution in [0.1, 0.15) is 0 Å². The maximum absolute atomic E-state index is 12.9. The van der Waals surface area contributed by atoms with E-state index in [9.17, 15) is 4.39 Å². The van der Waals surface area contributed by atoms with Crippen LogP contribution in [0.15, 0.2) is 42.5 Å². The van der Waals surface area contributed by atoms with Crippen LogP contribution in [0.5, 0.6) is 0 Å². The molecule has 0 unspecified atom stereocenters. The number of rotatable bonds is 0. The summed E-state index contributed by atoms with van der Waals surface area (Å²) in [6.07, 6.45) is 0. The molecule has 3 rings (SSSR count). The smallest absolute Gasteiger partial charge is 0.125 e. The number of hydrogen-bond donors (Lipinski definition) is 1. The molecule has 0 saturated heterocycles. The van der Waals surface area contributed by atoms with Crippen molar-refractivity contribution in [1.29, 1.82) is 0 Å². The molecule has 1 nitrogen and oxygen atoms in total. The second-order valence-corrected chi connectivity index (χ2v) is 3.36. The van der Waals surface area contributed by atoms with E-state index in [-0.39, 0.29) is 5.82 Å². The number of para-hydroxylation sites is 1. The summed E-state index contributed by atoms with van der Waals surface area (Å²) in [7, 11) is 0. The summed E-state index contributed by atoms with van der Waals surface area (Å²) in [4.78, 5) is 3.18. The average molecular weight is 185 g/mol. The van der Waals surface area contributed by atoms with Crippen LogP contribution in [-0.2, 0) is 0 Å². The van der Waals surface area contributed by atoms with E-state index in [2.05, 4.69) is 4.98 Å². The minimum Gasteiger partial charge on any atom is -0.354 e. The minimum absolute atomic E-state index is 0.205. The number of H-pyrrole nitrogens is 1. The summed E-state index contributed by atoms with van der Waals surface area (Å²) in [6, 6.07) is 12.8. The molecular formula is C12H8FN. The molecule has 0 aliphatic rings. The maximum Gasteiger partial charge on any atom is 0.125 e. The number of aromatic nitrogens is 1. The topological polar surface area (TPSA) is 15.8 Å². The number of hydrogen-bond acceptors (Lipinski definition) is 0. The molecule has 14 heavy (non-hydrogen) atoms. The Bertz CT molecular complexity index is 610. The second-order valence-electron chi connectivity index (χ2n) is 3.36. The third-order valence-electron chi connectivity index (χ3n) is 2.47. The molecule has 1 aromatic heterocycles. The van der Waals surface area contributed by atoms with Gasteiger partial charge in [0, 0.05) is 21.8 Å². The molecule has 0 aliphatic heterocycles. The molecule has 0 amide bonds. The summed E-state index contributed by atoms with van der Waals surface area (Å²) in [6.45, 7) is 0. The van der Waals surface area contributed by atoms with Gasteiger partial charge in [0.15, 0.2) is 0 Å². The van der Waals surface area contributed by atoms with Crippen molar-refractivity contribution in [2.45, 2.75) is 0 Å². The van der Waals surface area contributed by atoms with E-state index in [0.717, 1.165) is 21.8 Å². The van der Waals surface area contributed by atoms with E-state index in [1.165, 1.54) is 12.1 Å². The summed E-state index contributed by atoms with van der Waals surface area (Å²) >= 11 is 0. The average Bonchev–Trinajstić information content (AvgIpc) is 2.54. The molecule has 0 bridgehead atoms. The molecule has 2 aromatic carbocycles. The fraction of sp³-hybridized carbons (Fsp3) is 0. The number of benzene rings is 2. The molecule has 0 atom stereocenters. The number of aromatic amines is 1. The lowest BCUT2D eigenvalue weighted by Gasteiger charge is -1.89. The third kappa shape index (κ3) is 0.940. The molecule has 0 aliphatic carbocycles. The Hall–Kier alpha value is -1.83. The lowest BCUT2D eigenvalue weighted by molar-refractivity contribution is 0.629. The first kappa shape index (κ1) is 7.56. The zero-order valence-electron chi connectivity index (χ0n) is 7.42. The Kier molecular flexibility index (Phi) is 1.39. The van der Waals surface area contributed by atoms with Gasteiger partial charge in [0.1, 0.15) is 5.82 Å². The Balaban J connectivity index is 2.57. The van der Waals surface area contributed by atoms with Gasteiger partial charge in [-0.15, -0.1) is 0 Å². The van der Waals surface area contributed by atoms with Crippen LogP contribution < -0.4 is 0 Å². The minimum atomic E-state index is -0.205. The summed E-state index contributed by atoms with van der Waals surface area (Å²) in [5.74, 6) is -0.205. The first-order chi connectivity index (χ1) is 6.84.